The standard InChI is InChI=1S/C30H34N3O9PS/c1-6-40-30(36)33-25-12-10-9-11-24(25)26(31-29(35)21(5)43(37,41-7-2)42-8-3)27(33)28(34)22-17-18-32(19-22)44(38,39)23-15-13-20(4)14-16-23/h9-19,21H,6-8H2,1-5H3,(H,31,35). The lowest BCUT2D eigenvalue weighted by molar-refractivity contribution is -0.116. The zero-order valence-corrected chi connectivity index (χ0v) is 26.7. The van der Waals surface area contributed by atoms with Crippen molar-refractivity contribution in [3.63, 3.8) is 0 Å². The Kier molecular flexibility index (Phi) is 9.94. The molecule has 2 heterocycles. The van der Waals surface area contributed by atoms with Crippen LogP contribution < -0.4 is 5.32 Å². The van der Waals surface area contributed by atoms with Gasteiger partial charge in [-0.3, -0.25) is 14.2 Å². The highest BCUT2D eigenvalue weighted by atomic mass is 32.2. The molecule has 0 radical (unpaired) electrons. The van der Waals surface area contributed by atoms with Crippen LogP contribution in [-0.2, 0) is 33.2 Å². The normalized spacial score (nSPS) is 12.7. The highest BCUT2D eigenvalue weighted by Gasteiger charge is 2.39. The molecule has 4 rings (SSSR count). The zero-order chi connectivity index (χ0) is 32.2. The van der Waals surface area contributed by atoms with Crippen molar-refractivity contribution < 1.29 is 41.2 Å². The number of hydrogen-bond acceptors (Lipinski definition) is 9. The van der Waals surface area contributed by atoms with Gasteiger partial charge in [0.25, 0.3) is 10.0 Å². The van der Waals surface area contributed by atoms with Gasteiger partial charge in [-0.15, -0.1) is 0 Å². The molecule has 2 aromatic carbocycles. The van der Waals surface area contributed by atoms with Gasteiger partial charge in [-0.1, -0.05) is 35.9 Å². The number of hydrogen-bond donors (Lipinski definition) is 1. The third-order valence-electron chi connectivity index (χ3n) is 6.79. The van der Waals surface area contributed by atoms with E-state index in [1.165, 1.54) is 31.3 Å². The maximum Gasteiger partial charge on any atom is 0.419 e. The van der Waals surface area contributed by atoms with Crippen LogP contribution in [0.15, 0.2) is 71.9 Å². The van der Waals surface area contributed by atoms with Crippen molar-refractivity contribution in [2.24, 2.45) is 0 Å². The van der Waals surface area contributed by atoms with E-state index in [4.69, 9.17) is 13.8 Å². The first-order chi connectivity index (χ1) is 20.9. The smallest absolute Gasteiger partial charge is 0.419 e. The molecule has 1 N–H and O–H groups in total. The lowest BCUT2D eigenvalue weighted by atomic mass is 10.1. The maximum atomic E-state index is 14.1. The average molecular weight is 644 g/mol. The van der Waals surface area contributed by atoms with Gasteiger partial charge in [-0.25, -0.2) is 21.8 Å². The molecule has 0 fully saturated rings. The maximum absolute atomic E-state index is 14.1. The van der Waals surface area contributed by atoms with Crippen LogP contribution in [0.4, 0.5) is 10.5 Å². The largest absolute Gasteiger partial charge is 0.449 e. The molecule has 44 heavy (non-hydrogen) atoms. The molecule has 1 amide bonds. The minimum absolute atomic E-state index is 0.00520. The Balaban J connectivity index is 1.85. The number of anilines is 1. The number of aryl methyl sites for hydroxylation is 1. The molecule has 1 atom stereocenters. The Morgan fingerprint density at radius 3 is 2.18 bits per heavy atom. The summed E-state index contributed by atoms with van der Waals surface area (Å²) in [5.41, 5.74) is -0.561. The van der Waals surface area contributed by atoms with Crippen molar-refractivity contribution in [1.29, 1.82) is 0 Å². The van der Waals surface area contributed by atoms with Crippen molar-refractivity contribution in [3.8, 4) is 0 Å². The van der Waals surface area contributed by atoms with Crippen molar-refractivity contribution in [2.75, 3.05) is 25.1 Å². The number of carbonyl (C=O) groups excluding carboxylic acids is 3. The molecule has 0 aliphatic heterocycles. The Morgan fingerprint density at radius 1 is 0.932 bits per heavy atom. The van der Waals surface area contributed by atoms with Crippen LogP contribution in [0.5, 0.6) is 0 Å². The van der Waals surface area contributed by atoms with Crippen molar-refractivity contribution in [1.82, 2.24) is 8.54 Å². The predicted octanol–water partition coefficient (Wildman–Crippen LogP) is 5.82. The number of para-hydroxylation sites is 1. The summed E-state index contributed by atoms with van der Waals surface area (Å²) in [7, 11) is -7.94. The zero-order valence-electron chi connectivity index (χ0n) is 25.0. The van der Waals surface area contributed by atoms with Gasteiger partial charge >= 0.3 is 13.7 Å². The molecule has 0 aliphatic carbocycles. The first-order valence-corrected chi connectivity index (χ1v) is 17.0. The number of benzene rings is 2. The van der Waals surface area contributed by atoms with Gasteiger partial charge in [0.05, 0.1) is 35.9 Å². The minimum atomic E-state index is -4.04. The third-order valence-corrected chi connectivity index (χ3v) is 10.9. The number of aromatic nitrogens is 2. The summed E-state index contributed by atoms with van der Waals surface area (Å²) < 4.78 is 57.8. The highest BCUT2D eigenvalue weighted by molar-refractivity contribution is 7.90. The van der Waals surface area contributed by atoms with Gasteiger partial charge in [-0.05, 0) is 58.9 Å². The first-order valence-electron chi connectivity index (χ1n) is 13.9. The van der Waals surface area contributed by atoms with Crippen molar-refractivity contribution >= 4 is 52.0 Å². The van der Waals surface area contributed by atoms with Gasteiger partial charge in [0.1, 0.15) is 11.4 Å². The van der Waals surface area contributed by atoms with Crippen LogP contribution in [0.1, 0.15) is 49.3 Å². The summed E-state index contributed by atoms with van der Waals surface area (Å²) in [6.07, 6.45) is 1.47. The van der Waals surface area contributed by atoms with E-state index in [-0.39, 0.29) is 47.2 Å². The lowest BCUT2D eigenvalue weighted by Crippen LogP contribution is -2.28. The molecule has 0 spiro atoms. The molecule has 0 bridgehead atoms. The van der Waals surface area contributed by atoms with Gasteiger partial charge in [-0.2, -0.15) is 0 Å². The number of carbonyl (C=O) groups is 3. The number of ether oxygens (including phenoxy) is 1. The fourth-order valence-corrected chi connectivity index (χ4v) is 7.37. The van der Waals surface area contributed by atoms with Crippen LogP contribution in [0.25, 0.3) is 10.9 Å². The first kappa shape index (κ1) is 32.9. The van der Waals surface area contributed by atoms with Crippen LogP contribution in [0, 0.1) is 6.92 Å². The molecule has 234 valence electrons. The molecule has 0 saturated carbocycles. The molecule has 2 aromatic heterocycles. The van der Waals surface area contributed by atoms with Gasteiger partial charge in [0, 0.05) is 23.3 Å². The minimum Gasteiger partial charge on any atom is -0.449 e. The van der Waals surface area contributed by atoms with E-state index >= 15 is 0 Å². The molecule has 1 unspecified atom stereocenters. The summed E-state index contributed by atoms with van der Waals surface area (Å²) in [6, 6.07) is 14.0. The quantitative estimate of drug-likeness (QED) is 0.149. The molecule has 0 saturated heterocycles. The van der Waals surface area contributed by atoms with E-state index in [0.717, 1.165) is 20.3 Å². The summed E-state index contributed by atoms with van der Waals surface area (Å²) in [4.78, 5) is 40.9. The Morgan fingerprint density at radius 2 is 1.57 bits per heavy atom. The van der Waals surface area contributed by atoms with E-state index in [1.807, 2.05) is 6.92 Å². The van der Waals surface area contributed by atoms with Crippen LogP contribution >= 0.6 is 7.60 Å². The third kappa shape index (κ3) is 6.27. The second-order valence-electron chi connectivity index (χ2n) is 9.69. The SMILES string of the molecule is CCOC(=O)n1c(C(=O)c2ccn(S(=O)(=O)c3ccc(C)cc3)c2)c(NC(=O)C(C)P(=O)(OCC)OCC)c2ccccc21. The average Bonchev–Trinajstić information content (AvgIpc) is 3.62. The number of fused-ring (bicyclic) bond motifs is 1. The van der Waals surface area contributed by atoms with Crippen LogP contribution in [-0.4, -0.2) is 60.2 Å². The Labute approximate surface area is 255 Å². The summed E-state index contributed by atoms with van der Waals surface area (Å²) >= 11 is 0. The second-order valence-corrected chi connectivity index (χ2v) is 13.9. The molecule has 14 heteroatoms. The molecular formula is C30H34N3O9PS. The highest BCUT2D eigenvalue weighted by Crippen LogP contribution is 2.53. The fourth-order valence-electron chi connectivity index (χ4n) is 4.58. The number of nitrogens with zero attached hydrogens (tertiary/aromatic N) is 2. The summed E-state index contributed by atoms with van der Waals surface area (Å²) in [6.45, 7) is 8.10. The number of amides is 1. The van der Waals surface area contributed by atoms with Crippen LogP contribution in [0.2, 0.25) is 0 Å². The lowest BCUT2D eigenvalue weighted by Gasteiger charge is -2.22. The number of rotatable bonds is 12. The summed E-state index contributed by atoms with van der Waals surface area (Å²) in [5, 5.41) is 2.98. The van der Waals surface area contributed by atoms with E-state index < -0.39 is 41.1 Å². The number of ketones is 1. The molecule has 4 aromatic rings. The topological polar surface area (TPSA) is 152 Å². The van der Waals surface area contributed by atoms with Gasteiger partial charge in [0.15, 0.2) is 0 Å². The van der Waals surface area contributed by atoms with E-state index in [9.17, 15) is 27.4 Å². The van der Waals surface area contributed by atoms with Crippen molar-refractivity contribution in [3.05, 3.63) is 83.8 Å². The van der Waals surface area contributed by atoms with E-state index in [0.29, 0.717) is 5.39 Å². The monoisotopic (exact) mass is 643 g/mol. The van der Waals surface area contributed by atoms with Crippen molar-refractivity contribution in [2.45, 2.75) is 45.2 Å². The molecular weight excluding hydrogens is 609 g/mol. The van der Waals surface area contributed by atoms with Gasteiger partial charge < -0.3 is 19.1 Å². The fraction of sp³-hybridized carbons (Fsp3) is 0.300. The number of nitrogens with one attached hydrogen (secondary N) is 1. The Bertz CT molecular complexity index is 1850. The molecule has 12 nitrogen and oxygen atoms in total. The predicted molar refractivity (Wildman–Crippen MR) is 165 cm³/mol. The second kappa shape index (κ2) is 13.3. The summed E-state index contributed by atoms with van der Waals surface area (Å²) in [5.74, 6) is -1.55. The van der Waals surface area contributed by atoms with Gasteiger partial charge in [0.2, 0.25) is 11.7 Å². The molecule has 0 aliphatic rings. The van der Waals surface area contributed by atoms with E-state index in [2.05, 4.69) is 5.32 Å². The van der Waals surface area contributed by atoms with E-state index in [1.54, 1.807) is 57.2 Å². The van der Waals surface area contributed by atoms with Crippen LogP contribution in [0.3, 0.4) is 0 Å². The Hall–Kier alpha value is -4.03.